The van der Waals surface area contributed by atoms with Gasteiger partial charge in [0.2, 0.25) is 0 Å². The molecule has 0 aromatic carbocycles. The summed E-state index contributed by atoms with van der Waals surface area (Å²) in [5.74, 6) is 2.84. The molecule has 18 heavy (non-hydrogen) atoms. The maximum atomic E-state index is 5.75. The Morgan fingerprint density at radius 2 is 2.28 bits per heavy atom. The van der Waals surface area contributed by atoms with Crippen LogP contribution >= 0.6 is 0 Å². The smallest absolute Gasteiger partial charge is 0.158 e. The highest BCUT2D eigenvalue weighted by Crippen LogP contribution is 2.29. The first-order chi connectivity index (χ1) is 8.78. The molecule has 0 atom stereocenters. The molecule has 1 aliphatic carbocycles. The van der Waals surface area contributed by atoms with E-state index in [1.165, 1.54) is 25.7 Å². The second-order valence-corrected chi connectivity index (χ2v) is 4.74. The molecule has 1 fully saturated rings. The van der Waals surface area contributed by atoms with Crippen LogP contribution in [0.25, 0.3) is 0 Å². The lowest BCUT2D eigenvalue weighted by Gasteiger charge is -2.25. The van der Waals surface area contributed by atoms with Crippen LogP contribution in [0.1, 0.15) is 38.4 Å². The van der Waals surface area contributed by atoms with Crippen LogP contribution in [0.15, 0.2) is 6.07 Å². The summed E-state index contributed by atoms with van der Waals surface area (Å²) in [6.07, 6.45) is 5.36. The highest BCUT2D eigenvalue weighted by Gasteiger charge is 2.16. The first-order valence-electron chi connectivity index (χ1n) is 6.73. The molecule has 1 aromatic heterocycles. The van der Waals surface area contributed by atoms with Crippen molar-refractivity contribution in [1.82, 2.24) is 9.97 Å². The molecule has 0 radical (unpaired) electrons. The molecule has 0 spiro atoms. The summed E-state index contributed by atoms with van der Waals surface area (Å²) in [6, 6.07) is 1.77. The second kappa shape index (κ2) is 6.54. The van der Waals surface area contributed by atoms with Gasteiger partial charge in [-0.3, -0.25) is 0 Å². The lowest BCUT2D eigenvalue weighted by molar-refractivity contribution is 0.128. The third-order valence-electron chi connectivity index (χ3n) is 3.31. The lowest BCUT2D eigenvalue weighted by atomic mass is 9.83. The molecule has 0 unspecified atom stereocenters. The van der Waals surface area contributed by atoms with Crippen LogP contribution in [0.2, 0.25) is 0 Å². The number of ether oxygens (including phenoxy) is 1. The van der Waals surface area contributed by atoms with E-state index in [0.29, 0.717) is 24.9 Å². The average molecular weight is 250 g/mol. The van der Waals surface area contributed by atoms with Gasteiger partial charge in [-0.15, -0.1) is 0 Å². The fourth-order valence-corrected chi connectivity index (χ4v) is 2.05. The van der Waals surface area contributed by atoms with Gasteiger partial charge in [0.1, 0.15) is 18.2 Å². The Hall–Kier alpha value is -1.36. The van der Waals surface area contributed by atoms with Gasteiger partial charge in [0.15, 0.2) is 5.82 Å². The summed E-state index contributed by atoms with van der Waals surface area (Å²) in [4.78, 5) is 8.53. The molecule has 2 rings (SSSR count). The molecule has 100 valence electrons. The summed E-state index contributed by atoms with van der Waals surface area (Å²) in [7, 11) is 0. The molecule has 0 saturated heterocycles. The van der Waals surface area contributed by atoms with E-state index in [-0.39, 0.29) is 0 Å². The topological polar surface area (TPSA) is 73.1 Å². The van der Waals surface area contributed by atoms with Gasteiger partial charge in [0.25, 0.3) is 0 Å². The van der Waals surface area contributed by atoms with Crippen molar-refractivity contribution in [2.45, 2.75) is 39.2 Å². The monoisotopic (exact) mass is 250 g/mol. The van der Waals surface area contributed by atoms with Crippen molar-refractivity contribution in [3.05, 3.63) is 11.9 Å². The summed E-state index contributed by atoms with van der Waals surface area (Å²) in [6.45, 7) is 3.97. The Kier molecular flexibility index (Phi) is 4.75. The highest BCUT2D eigenvalue weighted by atomic mass is 16.5. The molecular weight excluding hydrogens is 228 g/mol. The van der Waals surface area contributed by atoms with E-state index in [0.717, 1.165) is 18.3 Å². The van der Waals surface area contributed by atoms with Crippen molar-refractivity contribution < 1.29 is 4.74 Å². The zero-order valence-electron chi connectivity index (χ0n) is 11.0. The standard InChI is InChI=1S/C13H22N4O/c1-2-18-9-13-16-11(14)8-12(17-13)15-7-6-10-4-3-5-10/h8,10H,2-7,9H2,1H3,(H3,14,15,16,17). The van der Waals surface area contributed by atoms with Gasteiger partial charge in [0.05, 0.1) is 0 Å². The minimum Gasteiger partial charge on any atom is -0.384 e. The fourth-order valence-electron chi connectivity index (χ4n) is 2.05. The number of anilines is 2. The van der Waals surface area contributed by atoms with E-state index in [4.69, 9.17) is 10.5 Å². The van der Waals surface area contributed by atoms with Crippen LogP contribution in [0.5, 0.6) is 0 Å². The summed E-state index contributed by atoms with van der Waals surface area (Å²) in [5.41, 5.74) is 5.75. The lowest BCUT2D eigenvalue weighted by Crippen LogP contribution is -2.16. The van der Waals surface area contributed by atoms with E-state index in [1.54, 1.807) is 6.07 Å². The van der Waals surface area contributed by atoms with Gasteiger partial charge < -0.3 is 15.8 Å². The Balaban J connectivity index is 1.83. The Morgan fingerprint density at radius 1 is 1.44 bits per heavy atom. The summed E-state index contributed by atoms with van der Waals surface area (Å²) < 4.78 is 5.29. The minimum absolute atomic E-state index is 0.416. The number of hydrogen-bond donors (Lipinski definition) is 2. The Labute approximate surface area is 108 Å². The average Bonchev–Trinajstić information content (AvgIpc) is 2.29. The predicted molar refractivity (Wildman–Crippen MR) is 72.2 cm³/mol. The predicted octanol–water partition coefficient (Wildman–Crippen LogP) is 2.20. The van der Waals surface area contributed by atoms with E-state index in [1.807, 2.05) is 6.92 Å². The van der Waals surface area contributed by atoms with Crippen molar-refractivity contribution in [3.8, 4) is 0 Å². The normalized spacial score (nSPS) is 15.4. The van der Waals surface area contributed by atoms with Crippen LogP contribution < -0.4 is 11.1 Å². The summed E-state index contributed by atoms with van der Waals surface area (Å²) in [5, 5.41) is 3.31. The zero-order valence-corrected chi connectivity index (χ0v) is 11.0. The fraction of sp³-hybridized carbons (Fsp3) is 0.692. The number of nitrogens with two attached hydrogens (primary N) is 1. The van der Waals surface area contributed by atoms with Gasteiger partial charge in [0, 0.05) is 19.2 Å². The van der Waals surface area contributed by atoms with Gasteiger partial charge in [-0.05, 0) is 19.3 Å². The second-order valence-electron chi connectivity index (χ2n) is 4.74. The first kappa shape index (κ1) is 13.1. The van der Waals surface area contributed by atoms with Gasteiger partial charge in [-0.25, -0.2) is 9.97 Å². The van der Waals surface area contributed by atoms with Crippen molar-refractivity contribution in [2.24, 2.45) is 5.92 Å². The van der Waals surface area contributed by atoms with Crippen molar-refractivity contribution in [3.63, 3.8) is 0 Å². The number of nitrogens with zero attached hydrogens (tertiary/aromatic N) is 2. The number of hydrogen-bond acceptors (Lipinski definition) is 5. The molecule has 0 bridgehead atoms. The molecule has 3 N–H and O–H groups in total. The van der Waals surface area contributed by atoms with Crippen LogP contribution in [-0.4, -0.2) is 23.1 Å². The molecule has 0 amide bonds. The molecular formula is C13H22N4O. The number of rotatable bonds is 7. The molecule has 0 aliphatic heterocycles. The maximum Gasteiger partial charge on any atom is 0.158 e. The van der Waals surface area contributed by atoms with Crippen molar-refractivity contribution in [1.29, 1.82) is 0 Å². The van der Waals surface area contributed by atoms with Gasteiger partial charge >= 0.3 is 0 Å². The van der Waals surface area contributed by atoms with Crippen molar-refractivity contribution in [2.75, 3.05) is 24.2 Å². The van der Waals surface area contributed by atoms with E-state index >= 15 is 0 Å². The summed E-state index contributed by atoms with van der Waals surface area (Å²) >= 11 is 0. The van der Waals surface area contributed by atoms with Gasteiger partial charge in [-0.1, -0.05) is 19.3 Å². The molecule has 1 aliphatic rings. The van der Waals surface area contributed by atoms with Gasteiger partial charge in [-0.2, -0.15) is 0 Å². The van der Waals surface area contributed by atoms with E-state index < -0.39 is 0 Å². The minimum atomic E-state index is 0.416. The SMILES string of the molecule is CCOCc1nc(N)cc(NCCC2CCC2)n1. The first-order valence-corrected chi connectivity index (χ1v) is 6.73. The number of nitrogen functional groups attached to an aromatic ring is 1. The molecule has 5 heteroatoms. The Morgan fingerprint density at radius 3 is 2.94 bits per heavy atom. The number of nitrogens with one attached hydrogen (secondary N) is 1. The maximum absolute atomic E-state index is 5.75. The third kappa shape index (κ3) is 3.84. The number of aromatic nitrogens is 2. The van der Waals surface area contributed by atoms with Crippen LogP contribution in [0.4, 0.5) is 11.6 Å². The molecule has 1 heterocycles. The molecule has 1 aromatic rings. The van der Waals surface area contributed by atoms with Crippen LogP contribution in [0, 0.1) is 5.92 Å². The largest absolute Gasteiger partial charge is 0.384 e. The highest BCUT2D eigenvalue weighted by molar-refractivity contribution is 5.44. The quantitative estimate of drug-likeness (QED) is 0.776. The third-order valence-corrected chi connectivity index (χ3v) is 3.31. The van der Waals surface area contributed by atoms with Crippen LogP contribution in [0.3, 0.4) is 0 Å². The molecule has 5 nitrogen and oxygen atoms in total. The van der Waals surface area contributed by atoms with E-state index in [2.05, 4.69) is 15.3 Å². The van der Waals surface area contributed by atoms with Crippen LogP contribution in [-0.2, 0) is 11.3 Å². The zero-order chi connectivity index (χ0) is 12.8. The van der Waals surface area contributed by atoms with E-state index in [9.17, 15) is 0 Å². The molecule has 1 saturated carbocycles. The Bertz CT molecular complexity index is 379. The van der Waals surface area contributed by atoms with Crippen molar-refractivity contribution >= 4 is 11.6 Å².